The monoisotopic (exact) mass is 271 g/mol. The van der Waals surface area contributed by atoms with E-state index in [0.717, 1.165) is 34.9 Å². The van der Waals surface area contributed by atoms with E-state index in [-0.39, 0.29) is 0 Å². The molecule has 0 fully saturated rings. The molecule has 0 heterocycles. The predicted octanol–water partition coefficient (Wildman–Crippen LogP) is 3.82. The Morgan fingerprint density at radius 2 is 1.70 bits per heavy atom. The zero-order chi connectivity index (χ0) is 14.5. The van der Waals surface area contributed by atoms with Crippen molar-refractivity contribution < 1.29 is 9.47 Å². The van der Waals surface area contributed by atoms with Crippen LogP contribution in [0.5, 0.6) is 17.2 Å². The molecule has 3 nitrogen and oxygen atoms in total. The second kappa shape index (κ2) is 6.44. The molecule has 0 atom stereocenters. The molecule has 2 aromatic carbocycles. The molecule has 0 aromatic heterocycles. The van der Waals surface area contributed by atoms with Crippen LogP contribution in [0.15, 0.2) is 36.4 Å². The Kier molecular flexibility index (Phi) is 4.64. The van der Waals surface area contributed by atoms with E-state index in [0.29, 0.717) is 0 Å². The van der Waals surface area contributed by atoms with Crippen LogP contribution in [0.2, 0.25) is 0 Å². The molecule has 0 radical (unpaired) electrons. The van der Waals surface area contributed by atoms with Crippen molar-refractivity contribution in [3.8, 4) is 17.2 Å². The van der Waals surface area contributed by atoms with E-state index in [1.54, 1.807) is 7.11 Å². The highest BCUT2D eigenvalue weighted by atomic mass is 16.5. The van der Waals surface area contributed by atoms with E-state index in [1.165, 1.54) is 5.56 Å². The molecule has 0 spiro atoms. The van der Waals surface area contributed by atoms with E-state index in [1.807, 2.05) is 38.2 Å². The fraction of sp³-hybridized carbons (Fsp3) is 0.294. The standard InChI is InChI=1S/C17H21NO2/c1-12-5-7-16(17(9-12)19-4)20-15-8-6-14(11-18-3)10-13(15)2/h5-10,18H,11H2,1-4H3. The van der Waals surface area contributed by atoms with Gasteiger partial charge in [0, 0.05) is 6.54 Å². The summed E-state index contributed by atoms with van der Waals surface area (Å²) in [5.41, 5.74) is 3.50. The van der Waals surface area contributed by atoms with E-state index >= 15 is 0 Å². The van der Waals surface area contributed by atoms with Gasteiger partial charge >= 0.3 is 0 Å². The van der Waals surface area contributed by atoms with Crippen molar-refractivity contribution >= 4 is 0 Å². The van der Waals surface area contributed by atoms with Crippen LogP contribution in [0.1, 0.15) is 16.7 Å². The van der Waals surface area contributed by atoms with Crippen LogP contribution in [-0.4, -0.2) is 14.2 Å². The summed E-state index contributed by atoms with van der Waals surface area (Å²) in [5, 5.41) is 3.14. The summed E-state index contributed by atoms with van der Waals surface area (Å²) in [7, 11) is 3.60. The molecular weight excluding hydrogens is 250 g/mol. The summed E-state index contributed by atoms with van der Waals surface area (Å²) in [5.74, 6) is 2.35. The smallest absolute Gasteiger partial charge is 0.169 e. The van der Waals surface area contributed by atoms with Gasteiger partial charge in [-0.15, -0.1) is 0 Å². The Balaban J connectivity index is 2.26. The Morgan fingerprint density at radius 3 is 2.35 bits per heavy atom. The van der Waals surface area contributed by atoms with Gasteiger partial charge in [-0.05, 0) is 55.8 Å². The first-order valence-corrected chi connectivity index (χ1v) is 6.70. The van der Waals surface area contributed by atoms with Crippen LogP contribution in [0.3, 0.4) is 0 Å². The second-order valence-corrected chi connectivity index (χ2v) is 4.89. The third-order valence-electron chi connectivity index (χ3n) is 3.16. The van der Waals surface area contributed by atoms with Crippen LogP contribution < -0.4 is 14.8 Å². The molecule has 3 heteroatoms. The predicted molar refractivity (Wildman–Crippen MR) is 81.7 cm³/mol. The first kappa shape index (κ1) is 14.4. The van der Waals surface area contributed by atoms with Gasteiger partial charge in [0.2, 0.25) is 0 Å². The molecule has 106 valence electrons. The van der Waals surface area contributed by atoms with Crippen LogP contribution in [0.4, 0.5) is 0 Å². The average Bonchev–Trinajstić information content (AvgIpc) is 2.43. The summed E-state index contributed by atoms with van der Waals surface area (Å²) in [6.45, 7) is 4.94. The number of ether oxygens (including phenoxy) is 2. The molecular formula is C17H21NO2. The molecule has 0 bridgehead atoms. The highest BCUT2D eigenvalue weighted by molar-refractivity contribution is 5.47. The number of hydrogen-bond acceptors (Lipinski definition) is 3. The quantitative estimate of drug-likeness (QED) is 0.896. The van der Waals surface area contributed by atoms with Crippen molar-refractivity contribution in [2.24, 2.45) is 0 Å². The Bertz CT molecular complexity index is 594. The van der Waals surface area contributed by atoms with Crippen LogP contribution in [0, 0.1) is 13.8 Å². The maximum absolute atomic E-state index is 5.97. The first-order valence-electron chi connectivity index (χ1n) is 6.70. The van der Waals surface area contributed by atoms with Gasteiger partial charge in [-0.1, -0.05) is 18.2 Å². The first-order chi connectivity index (χ1) is 9.63. The van der Waals surface area contributed by atoms with Crippen molar-refractivity contribution in [2.45, 2.75) is 20.4 Å². The zero-order valence-electron chi connectivity index (χ0n) is 12.5. The molecule has 0 saturated carbocycles. The van der Waals surface area contributed by atoms with Crippen molar-refractivity contribution in [3.05, 3.63) is 53.1 Å². The lowest BCUT2D eigenvalue weighted by Gasteiger charge is -2.13. The average molecular weight is 271 g/mol. The van der Waals surface area contributed by atoms with Gasteiger partial charge in [-0.25, -0.2) is 0 Å². The van der Waals surface area contributed by atoms with Crippen LogP contribution in [0.25, 0.3) is 0 Å². The number of rotatable bonds is 5. The molecule has 0 saturated heterocycles. The lowest BCUT2D eigenvalue weighted by atomic mass is 10.1. The number of aryl methyl sites for hydroxylation is 2. The van der Waals surface area contributed by atoms with Crippen molar-refractivity contribution in [3.63, 3.8) is 0 Å². The largest absolute Gasteiger partial charge is 0.493 e. The van der Waals surface area contributed by atoms with Crippen molar-refractivity contribution in [1.29, 1.82) is 0 Å². The molecule has 2 rings (SSSR count). The van der Waals surface area contributed by atoms with Gasteiger partial charge < -0.3 is 14.8 Å². The minimum absolute atomic E-state index is 0.738. The molecule has 0 unspecified atom stereocenters. The van der Waals surface area contributed by atoms with Gasteiger partial charge in [-0.2, -0.15) is 0 Å². The summed E-state index contributed by atoms with van der Waals surface area (Å²) < 4.78 is 11.3. The van der Waals surface area contributed by atoms with Gasteiger partial charge in [0.05, 0.1) is 7.11 Å². The van der Waals surface area contributed by atoms with Crippen molar-refractivity contribution in [1.82, 2.24) is 5.32 Å². The Hall–Kier alpha value is -2.00. The molecule has 2 aromatic rings. The summed E-state index contributed by atoms with van der Waals surface area (Å²) in [6.07, 6.45) is 0. The van der Waals surface area contributed by atoms with Gasteiger partial charge in [-0.3, -0.25) is 0 Å². The molecule has 0 aliphatic heterocycles. The van der Waals surface area contributed by atoms with Gasteiger partial charge in [0.1, 0.15) is 5.75 Å². The summed E-state index contributed by atoms with van der Waals surface area (Å²) in [6, 6.07) is 12.1. The van der Waals surface area contributed by atoms with E-state index < -0.39 is 0 Å². The van der Waals surface area contributed by atoms with Crippen LogP contribution in [-0.2, 0) is 6.54 Å². The van der Waals surface area contributed by atoms with E-state index in [4.69, 9.17) is 9.47 Å². The highest BCUT2D eigenvalue weighted by Crippen LogP contribution is 2.33. The molecule has 0 aliphatic carbocycles. The normalized spacial score (nSPS) is 10.4. The van der Waals surface area contributed by atoms with Crippen molar-refractivity contribution in [2.75, 3.05) is 14.2 Å². The SMILES string of the molecule is CNCc1ccc(Oc2ccc(C)cc2OC)c(C)c1. The van der Waals surface area contributed by atoms with E-state index in [9.17, 15) is 0 Å². The summed E-state index contributed by atoms with van der Waals surface area (Å²) in [4.78, 5) is 0. The number of hydrogen-bond donors (Lipinski definition) is 1. The Morgan fingerprint density at radius 1 is 0.950 bits per heavy atom. The minimum atomic E-state index is 0.738. The molecule has 0 amide bonds. The molecule has 20 heavy (non-hydrogen) atoms. The molecule has 1 N–H and O–H groups in total. The zero-order valence-corrected chi connectivity index (χ0v) is 12.5. The fourth-order valence-corrected chi connectivity index (χ4v) is 2.12. The van der Waals surface area contributed by atoms with Gasteiger partial charge in [0.15, 0.2) is 11.5 Å². The third kappa shape index (κ3) is 3.31. The lowest BCUT2D eigenvalue weighted by molar-refractivity contribution is 0.377. The van der Waals surface area contributed by atoms with E-state index in [2.05, 4.69) is 24.4 Å². The Labute approximate surface area is 120 Å². The van der Waals surface area contributed by atoms with Gasteiger partial charge in [0.25, 0.3) is 0 Å². The third-order valence-corrected chi connectivity index (χ3v) is 3.16. The number of nitrogens with one attached hydrogen (secondary N) is 1. The number of methoxy groups -OCH3 is 1. The maximum atomic E-state index is 5.97. The highest BCUT2D eigenvalue weighted by Gasteiger charge is 2.08. The molecule has 0 aliphatic rings. The second-order valence-electron chi connectivity index (χ2n) is 4.89. The maximum Gasteiger partial charge on any atom is 0.169 e. The minimum Gasteiger partial charge on any atom is -0.493 e. The summed E-state index contributed by atoms with van der Waals surface area (Å²) >= 11 is 0. The number of benzene rings is 2. The topological polar surface area (TPSA) is 30.5 Å². The fourth-order valence-electron chi connectivity index (χ4n) is 2.12. The van der Waals surface area contributed by atoms with Crippen LogP contribution >= 0.6 is 0 Å². The lowest BCUT2D eigenvalue weighted by Crippen LogP contribution is -2.05.